The maximum atomic E-state index is 12.2. The van der Waals surface area contributed by atoms with Gasteiger partial charge in [-0.2, -0.15) is 5.26 Å². The molecule has 32 heavy (non-hydrogen) atoms. The zero-order valence-corrected chi connectivity index (χ0v) is 17.9. The second-order valence-corrected chi connectivity index (χ2v) is 6.64. The highest BCUT2D eigenvalue weighted by Gasteiger charge is 2.08. The number of rotatable bonds is 9. The van der Waals surface area contributed by atoms with Gasteiger partial charge in [0.25, 0.3) is 0 Å². The summed E-state index contributed by atoms with van der Waals surface area (Å²) in [5.74, 6) is 1.83. The van der Waals surface area contributed by atoms with Crippen LogP contribution in [0, 0.1) is 11.3 Å². The van der Waals surface area contributed by atoms with Gasteiger partial charge in [0.1, 0.15) is 23.0 Å². The molecule has 3 aromatic rings. The van der Waals surface area contributed by atoms with Crippen molar-refractivity contribution < 1.29 is 23.7 Å². The van der Waals surface area contributed by atoms with Crippen molar-refractivity contribution in [3.8, 4) is 29.1 Å². The van der Waals surface area contributed by atoms with Crippen molar-refractivity contribution in [1.82, 2.24) is 0 Å². The SMILES string of the molecule is CCOc1ccc(OCC(=O)Oc2cccc(/C=C(/C#N)c3ccc(OC)cc3)c2)cc1. The van der Waals surface area contributed by atoms with Crippen molar-refractivity contribution >= 4 is 17.6 Å². The molecule has 0 bridgehead atoms. The molecular formula is C26H23NO5. The number of benzene rings is 3. The van der Waals surface area contributed by atoms with Gasteiger partial charge in [0.2, 0.25) is 0 Å². The van der Waals surface area contributed by atoms with E-state index in [9.17, 15) is 10.1 Å². The summed E-state index contributed by atoms with van der Waals surface area (Å²) in [7, 11) is 1.59. The number of hydrogen-bond acceptors (Lipinski definition) is 6. The average molecular weight is 429 g/mol. The molecule has 6 heteroatoms. The molecule has 0 fully saturated rings. The van der Waals surface area contributed by atoms with Gasteiger partial charge in [-0.05, 0) is 84.8 Å². The molecule has 0 unspecified atom stereocenters. The highest BCUT2D eigenvalue weighted by molar-refractivity contribution is 5.90. The van der Waals surface area contributed by atoms with E-state index in [1.165, 1.54) is 0 Å². The fraction of sp³-hybridized carbons (Fsp3) is 0.154. The minimum absolute atomic E-state index is 0.233. The van der Waals surface area contributed by atoms with E-state index in [4.69, 9.17) is 18.9 Å². The Hall–Kier alpha value is -4.24. The number of ether oxygens (including phenoxy) is 4. The first-order chi connectivity index (χ1) is 15.6. The first kappa shape index (κ1) is 22.4. The number of nitrogens with zero attached hydrogens (tertiary/aromatic N) is 1. The minimum atomic E-state index is -0.532. The Kier molecular flexibility index (Phi) is 7.88. The van der Waals surface area contributed by atoms with Crippen molar-refractivity contribution in [3.63, 3.8) is 0 Å². The average Bonchev–Trinajstić information content (AvgIpc) is 2.82. The van der Waals surface area contributed by atoms with Crippen molar-refractivity contribution in [2.75, 3.05) is 20.3 Å². The predicted molar refractivity (Wildman–Crippen MR) is 122 cm³/mol. The summed E-state index contributed by atoms with van der Waals surface area (Å²) in [6.45, 7) is 2.26. The van der Waals surface area contributed by atoms with E-state index in [-0.39, 0.29) is 6.61 Å². The normalized spacial score (nSPS) is 10.7. The second kappa shape index (κ2) is 11.2. The Balaban J connectivity index is 1.62. The molecule has 162 valence electrons. The first-order valence-electron chi connectivity index (χ1n) is 10.0. The summed E-state index contributed by atoms with van der Waals surface area (Å²) in [6.07, 6.45) is 1.73. The first-order valence-corrected chi connectivity index (χ1v) is 10.0. The Labute approximate surface area is 187 Å². The van der Waals surface area contributed by atoms with Crippen LogP contribution in [-0.4, -0.2) is 26.3 Å². The standard InChI is InChI=1S/C26H23NO5/c1-3-30-23-11-13-24(14-12-23)31-18-26(28)32-25-6-4-5-19(16-25)15-21(17-27)20-7-9-22(29-2)10-8-20/h4-16H,3,18H2,1-2H3/b21-15-. The summed E-state index contributed by atoms with van der Waals surface area (Å²) in [4.78, 5) is 12.2. The highest BCUT2D eigenvalue weighted by Crippen LogP contribution is 2.23. The van der Waals surface area contributed by atoms with Crippen molar-refractivity contribution in [2.24, 2.45) is 0 Å². The zero-order chi connectivity index (χ0) is 22.8. The number of methoxy groups -OCH3 is 1. The van der Waals surface area contributed by atoms with Gasteiger partial charge in [-0.3, -0.25) is 0 Å². The molecular weight excluding hydrogens is 406 g/mol. The summed E-state index contributed by atoms with van der Waals surface area (Å²) in [5, 5.41) is 9.55. The molecule has 0 aliphatic carbocycles. The lowest BCUT2D eigenvalue weighted by molar-refractivity contribution is -0.136. The largest absolute Gasteiger partial charge is 0.497 e. The molecule has 0 radical (unpaired) electrons. The third-order valence-corrected chi connectivity index (χ3v) is 4.41. The van der Waals surface area contributed by atoms with Gasteiger partial charge in [0.05, 0.1) is 25.4 Å². The number of carbonyl (C=O) groups is 1. The van der Waals surface area contributed by atoms with Crippen LogP contribution in [0.2, 0.25) is 0 Å². The Morgan fingerprint density at radius 2 is 1.56 bits per heavy atom. The third kappa shape index (κ3) is 6.38. The van der Waals surface area contributed by atoms with Crippen molar-refractivity contribution in [3.05, 3.63) is 83.9 Å². The van der Waals surface area contributed by atoms with Gasteiger partial charge < -0.3 is 18.9 Å². The van der Waals surface area contributed by atoms with Crippen LogP contribution in [0.25, 0.3) is 11.6 Å². The molecule has 0 aliphatic rings. The van der Waals surface area contributed by atoms with E-state index in [1.807, 2.05) is 25.1 Å². The maximum Gasteiger partial charge on any atom is 0.349 e. The van der Waals surface area contributed by atoms with Gasteiger partial charge in [0, 0.05) is 0 Å². The van der Waals surface area contributed by atoms with Gasteiger partial charge in [-0.25, -0.2) is 4.79 Å². The summed E-state index contributed by atoms with van der Waals surface area (Å²) in [5.41, 5.74) is 1.98. The van der Waals surface area contributed by atoms with Gasteiger partial charge in [-0.15, -0.1) is 0 Å². The van der Waals surface area contributed by atoms with E-state index in [1.54, 1.807) is 67.8 Å². The van der Waals surface area contributed by atoms with E-state index in [2.05, 4.69) is 6.07 Å². The quantitative estimate of drug-likeness (QED) is 0.203. The molecule has 0 saturated heterocycles. The van der Waals surface area contributed by atoms with Crippen LogP contribution < -0.4 is 18.9 Å². The van der Waals surface area contributed by atoms with Crippen LogP contribution in [-0.2, 0) is 4.79 Å². The molecule has 0 N–H and O–H groups in total. The fourth-order valence-electron chi connectivity index (χ4n) is 2.89. The number of esters is 1. The van der Waals surface area contributed by atoms with E-state index < -0.39 is 5.97 Å². The summed E-state index contributed by atoms with van der Waals surface area (Å²) >= 11 is 0. The van der Waals surface area contributed by atoms with Crippen LogP contribution in [0.3, 0.4) is 0 Å². The minimum Gasteiger partial charge on any atom is -0.497 e. The molecule has 0 aromatic heterocycles. The third-order valence-electron chi connectivity index (χ3n) is 4.41. The lowest BCUT2D eigenvalue weighted by Crippen LogP contribution is -2.17. The molecule has 0 atom stereocenters. The van der Waals surface area contributed by atoms with Crippen LogP contribution >= 0.6 is 0 Å². The van der Waals surface area contributed by atoms with Gasteiger partial charge in [-0.1, -0.05) is 12.1 Å². The second-order valence-electron chi connectivity index (χ2n) is 6.64. The molecule has 0 heterocycles. The molecule has 0 spiro atoms. The van der Waals surface area contributed by atoms with Crippen molar-refractivity contribution in [2.45, 2.75) is 6.92 Å². The Morgan fingerprint density at radius 3 is 2.19 bits per heavy atom. The smallest absolute Gasteiger partial charge is 0.349 e. The maximum absolute atomic E-state index is 12.2. The van der Waals surface area contributed by atoms with Crippen LogP contribution in [0.15, 0.2) is 72.8 Å². The molecule has 3 aromatic carbocycles. The molecule has 0 saturated carbocycles. The van der Waals surface area contributed by atoms with E-state index in [0.29, 0.717) is 29.4 Å². The van der Waals surface area contributed by atoms with Crippen LogP contribution in [0.4, 0.5) is 0 Å². The zero-order valence-electron chi connectivity index (χ0n) is 17.9. The monoisotopic (exact) mass is 429 g/mol. The van der Waals surface area contributed by atoms with Gasteiger partial charge in [0.15, 0.2) is 6.61 Å². The van der Waals surface area contributed by atoms with Crippen LogP contribution in [0.5, 0.6) is 23.0 Å². The summed E-state index contributed by atoms with van der Waals surface area (Å²) in [6, 6.07) is 23.4. The van der Waals surface area contributed by atoms with Crippen molar-refractivity contribution in [1.29, 1.82) is 5.26 Å². The highest BCUT2D eigenvalue weighted by atomic mass is 16.6. The van der Waals surface area contributed by atoms with E-state index in [0.717, 1.165) is 16.9 Å². The molecule has 0 aliphatic heterocycles. The lowest BCUT2D eigenvalue weighted by atomic mass is 10.0. The van der Waals surface area contributed by atoms with E-state index >= 15 is 0 Å². The van der Waals surface area contributed by atoms with Gasteiger partial charge >= 0.3 is 5.97 Å². The predicted octanol–water partition coefficient (Wildman–Crippen LogP) is 5.14. The molecule has 6 nitrogen and oxygen atoms in total. The lowest BCUT2D eigenvalue weighted by Gasteiger charge is -2.08. The Morgan fingerprint density at radius 1 is 0.906 bits per heavy atom. The number of carbonyl (C=O) groups excluding carboxylic acids is 1. The van der Waals surface area contributed by atoms with Crippen LogP contribution in [0.1, 0.15) is 18.1 Å². The fourth-order valence-corrected chi connectivity index (χ4v) is 2.89. The number of allylic oxidation sites excluding steroid dienone is 1. The summed E-state index contributed by atoms with van der Waals surface area (Å²) < 4.78 is 21.4. The number of nitriles is 1. The molecule has 3 rings (SSSR count). The number of hydrogen-bond donors (Lipinski definition) is 0. The molecule has 0 amide bonds. The topological polar surface area (TPSA) is 77.8 Å². The Bertz CT molecular complexity index is 1110.